The van der Waals surface area contributed by atoms with Crippen LogP contribution in [0, 0.1) is 24.2 Å². The molecule has 240 valence electrons. The number of hydrogen-bond donors (Lipinski definition) is 1. The van der Waals surface area contributed by atoms with Gasteiger partial charge in [0.05, 0.1) is 40.6 Å². The largest absolute Gasteiger partial charge is 0.508 e. The summed E-state index contributed by atoms with van der Waals surface area (Å²) in [6, 6.07) is -0.286. The van der Waals surface area contributed by atoms with E-state index in [9.17, 15) is 19.5 Å². The molecule has 5 atom stereocenters. The molecule has 0 spiro atoms. The minimum Gasteiger partial charge on any atom is -0.430 e. The van der Waals surface area contributed by atoms with Crippen LogP contribution in [0.15, 0.2) is 34.8 Å². The summed E-state index contributed by atoms with van der Waals surface area (Å²) in [7, 11) is 1.71. The maximum absolute atomic E-state index is 13.8. The quantitative estimate of drug-likeness (QED) is 0.260. The smallest absolute Gasteiger partial charge is 0.430 e. The van der Waals surface area contributed by atoms with E-state index in [0.717, 1.165) is 21.8 Å². The van der Waals surface area contributed by atoms with E-state index in [0.29, 0.717) is 12.8 Å². The van der Waals surface area contributed by atoms with Gasteiger partial charge in [0, 0.05) is 12.4 Å². The van der Waals surface area contributed by atoms with Crippen LogP contribution in [-0.2, 0) is 19.1 Å². The highest BCUT2D eigenvalue weighted by Gasteiger charge is 2.44. The molecule has 2 rings (SSSR count). The number of aryl methyl sites for hydroxylation is 1. The summed E-state index contributed by atoms with van der Waals surface area (Å²) in [5.74, 6) is -1.82. The summed E-state index contributed by atoms with van der Waals surface area (Å²) in [5.41, 5.74) is 1.42. The fraction of sp³-hybridized carbons (Fsp3) is 0.613. The molecule has 0 unspecified atom stereocenters. The molecule has 0 bridgehead atoms. The molecule has 0 aliphatic carbocycles. The zero-order valence-corrected chi connectivity index (χ0v) is 29.1. The van der Waals surface area contributed by atoms with E-state index < -0.39 is 40.1 Å². The predicted molar refractivity (Wildman–Crippen MR) is 173 cm³/mol. The van der Waals surface area contributed by atoms with Crippen LogP contribution in [0.4, 0.5) is 4.79 Å². The number of aliphatic hydroxyl groups excluding tert-OH is 1. The standard InChI is InChI=1S/C31H43Cl3N2O6S/c1-18-10-9-11-19(2)27(42-29(40)41-17-31(32,33)34)21(4)28(39)30(6,7)25(37)15-26(38)36(8)24(13-12-18)20(3)14-23-16-43-22(5)35-23/h9-10,12,14,16,19,21,24-25,27,37H,11,13,15,17H2,1-8H3/t19-,21+,24-,25-,27-/m0/s1. The molecule has 2 heterocycles. The first-order valence-electron chi connectivity index (χ1n) is 14.1. The van der Waals surface area contributed by atoms with Crippen molar-refractivity contribution in [3.8, 4) is 0 Å². The maximum atomic E-state index is 13.8. The van der Waals surface area contributed by atoms with E-state index in [1.165, 1.54) is 0 Å². The van der Waals surface area contributed by atoms with E-state index in [-0.39, 0.29) is 30.1 Å². The number of carbonyl (C=O) groups excluding carboxylic acids is 3. The second kappa shape index (κ2) is 15.9. The number of halogens is 3. The van der Waals surface area contributed by atoms with E-state index in [4.69, 9.17) is 44.3 Å². The topological polar surface area (TPSA) is 106 Å². The summed E-state index contributed by atoms with van der Waals surface area (Å²) >= 11 is 18.6. The van der Waals surface area contributed by atoms with Crippen molar-refractivity contribution in [2.75, 3.05) is 13.7 Å². The molecule has 0 aromatic carbocycles. The lowest BCUT2D eigenvalue weighted by molar-refractivity contribution is -0.145. The molecule has 1 aliphatic rings. The molecule has 0 fully saturated rings. The average Bonchev–Trinajstić information content (AvgIpc) is 3.32. The van der Waals surface area contributed by atoms with Gasteiger partial charge in [-0.2, -0.15) is 0 Å². The Morgan fingerprint density at radius 3 is 2.47 bits per heavy atom. The van der Waals surface area contributed by atoms with Crippen molar-refractivity contribution in [3.05, 3.63) is 45.5 Å². The normalized spacial score (nSPS) is 26.7. The van der Waals surface area contributed by atoms with E-state index >= 15 is 0 Å². The number of ketones is 1. The maximum Gasteiger partial charge on any atom is 0.508 e. The minimum atomic E-state index is -1.82. The number of hydrogen-bond acceptors (Lipinski definition) is 8. The minimum absolute atomic E-state index is 0.267. The summed E-state index contributed by atoms with van der Waals surface area (Å²) in [4.78, 5) is 46.0. The number of aliphatic hydroxyl groups is 1. The zero-order valence-electron chi connectivity index (χ0n) is 26.0. The van der Waals surface area contributed by atoms with Gasteiger partial charge in [0.15, 0.2) is 0 Å². The SMILES string of the molecule is CC1=CC[C@@H](C(C)=Cc2csc(C)n2)N(C)C(=O)C[C@H](O)C(C)(C)C(=O)[C@H](C)[C@@H](OC(=O)OCC(Cl)(Cl)Cl)[C@@H](C)CC=C1. The molecule has 0 radical (unpaired) electrons. The Morgan fingerprint density at radius 1 is 1.23 bits per heavy atom. The molecule has 1 N–H and O–H groups in total. The molecule has 1 amide bonds. The molecular weight excluding hydrogens is 635 g/mol. The van der Waals surface area contributed by atoms with Gasteiger partial charge >= 0.3 is 6.16 Å². The van der Waals surface area contributed by atoms with Crippen molar-refractivity contribution >= 4 is 70.1 Å². The molecular formula is C31H43Cl3N2O6S. The molecule has 0 saturated carbocycles. The molecule has 1 aromatic heterocycles. The lowest BCUT2D eigenvalue weighted by atomic mass is 9.73. The van der Waals surface area contributed by atoms with Crippen LogP contribution in [0.25, 0.3) is 6.08 Å². The Morgan fingerprint density at radius 2 is 1.88 bits per heavy atom. The van der Waals surface area contributed by atoms with Crippen molar-refractivity contribution in [3.63, 3.8) is 0 Å². The van der Waals surface area contributed by atoms with Crippen LogP contribution < -0.4 is 0 Å². The number of rotatable bonds is 4. The lowest BCUT2D eigenvalue weighted by Crippen LogP contribution is -2.48. The van der Waals surface area contributed by atoms with Crippen LogP contribution in [0.2, 0.25) is 0 Å². The Balaban J connectivity index is 2.46. The van der Waals surface area contributed by atoms with Gasteiger partial charge in [-0.1, -0.05) is 86.3 Å². The monoisotopic (exact) mass is 676 g/mol. The number of likely N-dealkylation sites (N-methyl/N-ethyl adjacent to an activating group) is 1. The highest BCUT2D eigenvalue weighted by molar-refractivity contribution is 7.09. The Kier molecular flexibility index (Phi) is 13.8. The molecule has 12 heteroatoms. The van der Waals surface area contributed by atoms with Crippen LogP contribution in [-0.4, -0.2) is 68.5 Å². The Labute approximate surface area is 274 Å². The summed E-state index contributed by atoms with van der Waals surface area (Å²) < 4.78 is 8.74. The first-order valence-corrected chi connectivity index (χ1v) is 16.2. The number of alkyl halides is 3. The molecule has 1 aliphatic heterocycles. The van der Waals surface area contributed by atoms with Gasteiger partial charge < -0.3 is 19.5 Å². The van der Waals surface area contributed by atoms with E-state index in [1.54, 1.807) is 44.1 Å². The zero-order chi connectivity index (χ0) is 32.7. The summed E-state index contributed by atoms with van der Waals surface area (Å²) in [5, 5.41) is 14.2. The third kappa shape index (κ3) is 11.2. The van der Waals surface area contributed by atoms with Crippen molar-refractivity contribution in [1.29, 1.82) is 0 Å². The third-order valence-corrected chi connectivity index (χ3v) is 8.96. The second-order valence-electron chi connectivity index (χ2n) is 11.8. The van der Waals surface area contributed by atoms with Crippen LogP contribution in [0.5, 0.6) is 0 Å². The molecule has 8 nitrogen and oxygen atoms in total. The van der Waals surface area contributed by atoms with Crippen molar-refractivity contribution in [2.45, 2.75) is 89.8 Å². The molecule has 43 heavy (non-hydrogen) atoms. The highest BCUT2D eigenvalue weighted by Crippen LogP contribution is 2.34. The van der Waals surface area contributed by atoms with Gasteiger partial charge in [0.1, 0.15) is 18.5 Å². The van der Waals surface area contributed by atoms with Gasteiger partial charge in [-0.25, -0.2) is 9.78 Å². The highest BCUT2D eigenvalue weighted by atomic mass is 35.6. The van der Waals surface area contributed by atoms with Gasteiger partial charge in [-0.15, -0.1) is 11.3 Å². The third-order valence-electron chi connectivity index (χ3n) is 7.84. The summed E-state index contributed by atoms with van der Waals surface area (Å²) in [6.07, 6.45) is 5.42. The molecule has 1 aromatic rings. The fourth-order valence-electron chi connectivity index (χ4n) is 5.03. The van der Waals surface area contributed by atoms with Crippen molar-refractivity contribution in [2.24, 2.45) is 17.3 Å². The van der Waals surface area contributed by atoms with Crippen LogP contribution in [0.1, 0.15) is 71.5 Å². The number of carbonyl (C=O) groups is 3. The Bertz CT molecular complexity index is 1240. The number of thiazole rings is 1. The number of aromatic nitrogens is 1. The van der Waals surface area contributed by atoms with Crippen LogP contribution in [0.3, 0.4) is 0 Å². The number of ether oxygens (including phenoxy) is 2. The summed E-state index contributed by atoms with van der Waals surface area (Å²) in [6.45, 7) is 12.0. The van der Waals surface area contributed by atoms with E-state index in [1.807, 2.05) is 51.3 Å². The average molecular weight is 678 g/mol. The van der Waals surface area contributed by atoms with Crippen molar-refractivity contribution in [1.82, 2.24) is 9.88 Å². The van der Waals surface area contributed by atoms with Gasteiger partial charge in [0.25, 0.3) is 0 Å². The number of allylic oxidation sites excluding steroid dienone is 3. The predicted octanol–water partition coefficient (Wildman–Crippen LogP) is 7.49. The fourth-order valence-corrected chi connectivity index (χ4v) is 5.76. The first-order chi connectivity index (χ1) is 19.8. The number of nitrogens with zero attached hydrogens (tertiary/aromatic N) is 2. The van der Waals surface area contributed by atoms with Gasteiger partial charge in [-0.05, 0) is 51.2 Å². The van der Waals surface area contributed by atoms with Gasteiger partial charge in [0.2, 0.25) is 9.70 Å². The number of Topliss-reactive ketones (excluding diaryl/α,β-unsaturated/α-hetero) is 1. The molecule has 0 saturated heterocycles. The van der Waals surface area contributed by atoms with Crippen LogP contribution >= 0.6 is 46.1 Å². The first kappa shape index (κ1) is 37.3. The van der Waals surface area contributed by atoms with Gasteiger partial charge in [-0.3, -0.25) is 9.59 Å². The lowest BCUT2D eigenvalue weighted by Gasteiger charge is -2.36. The Hall–Kier alpha value is -1.91. The van der Waals surface area contributed by atoms with Crippen molar-refractivity contribution < 1.29 is 29.0 Å². The second-order valence-corrected chi connectivity index (χ2v) is 15.4. The number of amides is 1. The van der Waals surface area contributed by atoms with E-state index in [2.05, 4.69) is 11.1 Å².